The first-order valence-electron chi connectivity index (χ1n) is 9.69. The molecule has 0 spiro atoms. The summed E-state index contributed by atoms with van der Waals surface area (Å²) in [5, 5.41) is 3.63. The van der Waals surface area contributed by atoms with Gasteiger partial charge in [-0.25, -0.2) is 0 Å². The van der Waals surface area contributed by atoms with Gasteiger partial charge >= 0.3 is 163 Å². The van der Waals surface area contributed by atoms with E-state index < -0.39 is 20.1 Å². The van der Waals surface area contributed by atoms with Crippen molar-refractivity contribution in [1.29, 1.82) is 0 Å². The molecule has 0 aliphatic rings. The Bertz CT molecular complexity index is 611. The third kappa shape index (κ3) is 4.80. The molecule has 0 saturated carbocycles. The first kappa shape index (κ1) is 20.8. The average molecular weight is 414 g/mol. The summed E-state index contributed by atoms with van der Waals surface area (Å²) in [6.45, 7) is 7.22. The minimum absolute atomic E-state index is 0.0992. The van der Waals surface area contributed by atoms with Gasteiger partial charge in [-0.15, -0.1) is 0 Å². The Hall–Kier alpha value is -1.53. The van der Waals surface area contributed by atoms with Crippen LogP contribution >= 0.6 is 0 Å². The Balaban J connectivity index is 2.35. The number of esters is 1. The van der Waals surface area contributed by atoms with Crippen molar-refractivity contribution in [3.63, 3.8) is 0 Å². The predicted octanol–water partition coefficient (Wildman–Crippen LogP) is 5.85. The monoisotopic (exact) mass is 414 g/mol. The average Bonchev–Trinajstić information content (AvgIpc) is 2.70. The maximum absolute atomic E-state index is 13.4. The van der Waals surface area contributed by atoms with Crippen LogP contribution in [-0.4, -0.2) is 27.2 Å². The predicted molar refractivity (Wildman–Crippen MR) is 111 cm³/mol. The van der Waals surface area contributed by atoms with Crippen LogP contribution in [0.25, 0.3) is 0 Å². The summed E-state index contributed by atoms with van der Waals surface area (Å²) >= 11 is -0.814. The molecule has 0 heterocycles. The summed E-state index contributed by atoms with van der Waals surface area (Å²) < 4.78 is 5.90. The van der Waals surface area contributed by atoms with E-state index in [9.17, 15) is 4.79 Å². The second-order valence-electron chi connectivity index (χ2n) is 6.55. The zero-order chi connectivity index (χ0) is 18.8. The van der Waals surface area contributed by atoms with Gasteiger partial charge in [0.1, 0.15) is 0 Å². The molecule has 0 aliphatic carbocycles. The van der Waals surface area contributed by atoms with Gasteiger partial charge in [-0.2, -0.15) is 0 Å². The molecule has 2 rings (SSSR count). The number of hydrogen-bond acceptors (Lipinski definition) is 2. The Kier molecular flexibility index (Phi) is 8.45. The topological polar surface area (TPSA) is 26.3 Å². The molecule has 26 heavy (non-hydrogen) atoms. The zero-order valence-corrected chi connectivity index (χ0v) is 18.2. The molecule has 0 saturated heterocycles. The Morgan fingerprint density at radius 1 is 0.885 bits per heavy atom. The molecule has 140 valence electrons. The molecular weight excluding hydrogens is 383 g/mol. The van der Waals surface area contributed by atoms with E-state index in [0.29, 0.717) is 6.61 Å². The molecule has 0 fully saturated rings. The molecule has 0 aromatic heterocycles. The molecule has 3 heteroatoms. The summed E-state index contributed by atoms with van der Waals surface area (Å²) in [4.78, 5) is 13.4. The standard InChI is InChI=1S/C23H31AsO2/c1-4-17-23(20-13-9-7-10-14-20,21-15-11-8-12-16-21)22(25)26-19-18-24(5-2)6-3/h7-16H,4-6,17-19H2,1-3H3. The van der Waals surface area contributed by atoms with Gasteiger partial charge in [-0.05, 0) is 0 Å². The van der Waals surface area contributed by atoms with Crippen molar-refractivity contribution in [2.24, 2.45) is 0 Å². The second kappa shape index (κ2) is 10.6. The van der Waals surface area contributed by atoms with Crippen molar-refractivity contribution in [2.45, 2.75) is 54.7 Å². The van der Waals surface area contributed by atoms with E-state index in [4.69, 9.17) is 4.74 Å². The van der Waals surface area contributed by atoms with Gasteiger partial charge in [0.15, 0.2) is 0 Å². The summed E-state index contributed by atoms with van der Waals surface area (Å²) in [6.07, 6.45) is 1.67. The number of ether oxygens (including phenoxy) is 1. The number of hydrogen-bond donors (Lipinski definition) is 0. The molecule has 2 nitrogen and oxygen atoms in total. The number of benzene rings is 2. The van der Waals surface area contributed by atoms with Gasteiger partial charge in [-0.1, -0.05) is 0 Å². The van der Waals surface area contributed by atoms with Crippen LogP contribution in [0.2, 0.25) is 15.6 Å². The van der Waals surface area contributed by atoms with E-state index >= 15 is 0 Å². The van der Waals surface area contributed by atoms with Gasteiger partial charge in [0, 0.05) is 0 Å². The van der Waals surface area contributed by atoms with Gasteiger partial charge in [-0.3, -0.25) is 0 Å². The van der Waals surface area contributed by atoms with Crippen molar-refractivity contribution in [2.75, 3.05) is 6.61 Å². The fourth-order valence-corrected chi connectivity index (χ4v) is 6.54. The van der Waals surface area contributed by atoms with Crippen LogP contribution in [0.5, 0.6) is 0 Å². The van der Waals surface area contributed by atoms with E-state index in [2.05, 4.69) is 45.0 Å². The summed E-state index contributed by atoms with van der Waals surface area (Å²) in [6, 6.07) is 20.2. The van der Waals surface area contributed by atoms with Crippen LogP contribution in [0.4, 0.5) is 0 Å². The van der Waals surface area contributed by atoms with E-state index in [1.807, 2.05) is 36.4 Å². The van der Waals surface area contributed by atoms with Gasteiger partial charge in [0.2, 0.25) is 0 Å². The molecular formula is C23H31AsO2. The number of rotatable bonds is 10. The Labute approximate surface area is 163 Å². The molecule has 2 aromatic carbocycles. The van der Waals surface area contributed by atoms with E-state index in [0.717, 1.165) is 29.2 Å². The normalized spacial score (nSPS) is 11.5. The van der Waals surface area contributed by atoms with Gasteiger partial charge in [0.05, 0.1) is 0 Å². The van der Waals surface area contributed by atoms with Crippen LogP contribution in [0.3, 0.4) is 0 Å². The number of carbonyl (C=O) groups excluding carboxylic acids is 1. The van der Waals surface area contributed by atoms with Crippen molar-refractivity contribution in [3.8, 4) is 0 Å². The molecule has 0 atom stereocenters. The molecule has 0 N–H and O–H groups in total. The summed E-state index contributed by atoms with van der Waals surface area (Å²) in [7, 11) is 0. The SMILES string of the molecule is CCCC(C(=O)OCC[As](CC)CC)(c1ccccc1)c1ccccc1. The first-order valence-corrected chi connectivity index (χ1v) is 13.7. The van der Waals surface area contributed by atoms with Crippen LogP contribution in [0.1, 0.15) is 44.7 Å². The van der Waals surface area contributed by atoms with Gasteiger partial charge < -0.3 is 0 Å². The molecule has 2 aromatic rings. The minimum atomic E-state index is -0.814. The summed E-state index contributed by atoms with van der Waals surface area (Å²) in [5.74, 6) is -0.0992. The van der Waals surface area contributed by atoms with Crippen LogP contribution in [0, 0.1) is 0 Å². The Morgan fingerprint density at radius 2 is 1.38 bits per heavy atom. The fraction of sp³-hybridized carbons (Fsp3) is 0.435. The van der Waals surface area contributed by atoms with E-state index in [1.165, 1.54) is 10.4 Å². The van der Waals surface area contributed by atoms with E-state index in [-0.39, 0.29) is 5.97 Å². The third-order valence-electron chi connectivity index (χ3n) is 5.04. The Morgan fingerprint density at radius 3 is 1.81 bits per heavy atom. The van der Waals surface area contributed by atoms with Crippen molar-refractivity contribution in [3.05, 3.63) is 71.8 Å². The molecule has 0 radical (unpaired) electrons. The maximum atomic E-state index is 13.4. The van der Waals surface area contributed by atoms with Gasteiger partial charge in [0.25, 0.3) is 0 Å². The molecule has 0 aliphatic heterocycles. The van der Waals surface area contributed by atoms with Crippen LogP contribution in [0.15, 0.2) is 60.7 Å². The van der Waals surface area contributed by atoms with Crippen molar-refractivity contribution < 1.29 is 9.53 Å². The van der Waals surface area contributed by atoms with Crippen LogP contribution < -0.4 is 0 Å². The van der Waals surface area contributed by atoms with Crippen molar-refractivity contribution >= 4 is 20.6 Å². The molecule has 0 amide bonds. The van der Waals surface area contributed by atoms with Crippen molar-refractivity contribution in [1.82, 2.24) is 0 Å². The first-order chi connectivity index (χ1) is 12.7. The fourth-order valence-electron chi connectivity index (χ4n) is 3.54. The quantitative estimate of drug-likeness (QED) is 0.360. The van der Waals surface area contributed by atoms with E-state index in [1.54, 1.807) is 0 Å². The molecule has 0 unspecified atom stereocenters. The summed E-state index contributed by atoms with van der Waals surface area (Å²) in [5.41, 5.74) is 1.34. The van der Waals surface area contributed by atoms with Crippen LogP contribution in [-0.2, 0) is 14.9 Å². The zero-order valence-electron chi connectivity index (χ0n) is 16.3. The molecule has 0 bridgehead atoms. The second-order valence-corrected chi connectivity index (χ2v) is 13.0. The number of carbonyl (C=O) groups is 1. The third-order valence-corrected chi connectivity index (χ3v) is 10.5.